The number of hydrogen-bond donors (Lipinski definition) is 0. The van der Waals surface area contributed by atoms with Gasteiger partial charge >= 0.3 is 0 Å². The molecule has 39 heavy (non-hydrogen) atoms. The van der Waals surface area contributed by atoms with Crippen LogP contribution < -0.4 is 12.9 Å². The summed E-state index contributed by atoms with van der Waals surface area (Å²) in [4.78, 5) is 0. The maximum atomic E-state index is 5.19. The predicted molar refractivity (Wildman–Crippen MR) is 177 cm³/mol. The lowest BCUT2D eigenvalue weighted by Crippen LogP contribution is -2.10. The topological polar surface area (TPSA) is 9.72 Å². The summed E-state index contributed by atoms with van der Waals surface area (Å²) in [7, 11) is 0. The van der Waals surface area contributed by atoms with Crippen molar-refractivity contribution in [1.29, 1.82) is 0 Å². The fraction of sp³-hybridized carbons (Fsp3) is 0.400. The highest BCUT2D eigenvalue weighted by atomic mass is 32.1. The smallest absolute Gasteiger partial charge is 0.0510 e. The molecule has 0 aliphatic heterocycles. The highest BCUT2D eigenvalue weighted by molar-refractivity contribution is 7.82. The average Bonchev–Trinajstić information content (AvgIpc) is 2.96. The van der Waals surface area contributed by atoms with Gasteiger partial charge in [-0.1, -0.05) is 75.4 Å². The van der Waals surface area contributed by atoms with Gasteiger partial charge in [0.05, 0.1) is 17.1 Å². The van der Waals surface area contributed by atoms with E-state index in [1.807, 2.05) is 31.1 Å². The molecule has 0 fully saturated rings. The van der Waals surface area contributed by atoms with Crippen molar-refractivity contribution >= 4 is 55.5 Å². The van der Waals surface area contributed by atoms with E-state index in [1.54, 1.807) is 0 Å². The Labute approximate surface area is 251 Å². The van der Waals surface area contributed by atoms with Crippen LogP contribution in [0.25, 0.3) is 0 Å². The van der Waals surface area contributed by atoms with Crippen LogP contribution >= 0.6 is 38.4 Å². The van der Waals surface area contributed by atoms with Crippen molar-refractivity contribution in [3.8, 4) is 0 Å². The molecule has 0 saturated heterocycles. The number of aryl methyl sites for hydroxylation is 3. The van der Waals surface area contributed by atoms with E-state index in [9.17, 15) is 0 Å². The lowest BCUT2D eigenvalue weighted by molar-refractivity contribution is 1.07. The largest absolute Gasteiger partial charge is 0.306 e. The standard InChI is InChI=1S/3C10H14NS.3FH/c3*1-3-9-7-5-6-8-10(9)11(12)4-2;;;/h3*5-8H,3-4H2,1-2H3;3*1H. The normalized spacial score (nSPS) is 9.15. The first kappa shape index (κ1) is 41.4. The first-order valence-corrected chi connectivity index (χ1v) is 14.0. The molecular weight excluding hydrogens is 556 g/mol. The number of rotatable bonds is 9. The van der Waals surface area contributed by atoms with Crippen molar-refractivity contribution in [2.45, 2.75) is 60.8 Å². The van der Waals surface area contributed by atoms with Crippen LogP contribution in [0.1, 0.15) is 58.2 Å². The van der Waals surface area contributed by atoms with Gasteiger partial charge in [-0.05, 0) is 74.9 Å². The first-order valence-electron chi connectivity index (χ1n) is 13.0. The van der Waals surface area contributed by atoms with E-state index in [2.05, 4.69) is 96.1 Å². The van der Waals surface area contributed by atoms with Crippen LogP contribution in [0.2, 0.25) is 0 Å². The Morgan fingerprint density at radius 2 is 0.615 bits per heavy atom. The SMILES string of the molecule is CCc1ccccc1N([S])CC.CCc1ccccc1N([S])CC.CCc1ccccc1N([S])CC.F.F.F. The van der Waals surface area contributed by atoms with Crippen LogP contribution in [0.4, 0.5) is 31.2 Å². The van der Waals surface area contributed by atoms with Crippen molar-refractivity contribution in [3.63, 3.8) is 0 Å². The van der Waals surface area contributed by atoms with Crippen molar-refractivity contribution < 1.29 is 14.1 Å². The highest BCUT2D eigenvalue weighted by Gasteiger charge is 2.05. The highest BCUT2D eigenvalue weighted by Crippen LogP contribution is 2.23. The Hall–Kier alpha value is -2.10. The van der Waals surface area contributed by atoms with Crippen LogP contribution in [0.15, 0.2) is 72.8 Å². The molecule has 0 spiro atoms. The number of benzene rings is 3. The van der Waals surface area contributed by atoms with Crippen molar-refractivity contribution in [1.82, 2.24) is 0 Å². The van der Waals surface area contributed by atoms with Gasteiger partial charge in [-0.2, -0.15) is 0 Å². The van der Waals surface area contributed by atoms with E-state index < -0.39 is 0 Å². The molecule has 0 N–H and O–H groups in total. The lowest BCUT2D eigenvalue weighted by Gasteiger charge is -2.16. The maximum absolute atomic E-state index is 5.19. The van der Waals surface area contributed by atoms with Crippen molar-refractivity contribution in [3.05, 3.63) is 89.5 Å². The molecule has 0 heterocycles. The number of hydrogen-bond acceptors (Lipinski definition) is 3. The minimum absolute atomic E-state index is 0. The molecule has 3 aromatic carbocycles. The Morgan fingerprint density at radius 1 is 0.410 bits per heavy atom. The Kier molecular flexibility index (Phi) is 25.2. The predicted octanol–water partition coefficient (Wildman–Crippen LogP) is 10.0. The van der Waals surface area contributed by atoms with Gasteiger partial charge in [-0.3, -0.25) is 14.1 Å². The molecule has 0 bridgehead atoms. The summed E-state index contributed by atoms with van der Waals surface area (Å²) >= 11 is 15.6. The second kappa shape index (κ2) is 23.8. The minimum atomic E-state index is 0. The zero-order valence-electron chi connectivity index (χ0n) is 24.0. The number of anilines is 3. The molecule has 0 saturated carbocycles. The number of para-hydroxylation sites is 3. The van der Waals surface area contributed by atoms with Crippen LogP contribution in [0.5, 0.6) is 0 Å². The zero-order chi connectivity index (χ0) is 26.9. The monoisotopic (exact) mass is 600 g/mol. The Bertz CT molecular complexity index is 884. The maximum Gasteiger partial charge on any atom is 0.0510 e. The zero-order valence-corrected chi connectivity index (χ0v) is 26.4. The summed E-state index contributed by atoms with van der Waals surface area (Å²) in [5.74, 6) is 0. The quantitative estimate of drug-likeness (QED) is 0.242. The van der Waals surface area contributed by atoms with Gasteiger partial charge in [0.2, 0.25) is 0 Å². The second-order valence-electron chi connectivity index (χ2n) is 8.03. The van der Waals surface area contributed by atoms with Crippen LogP contribution in [-0.2, 0) is 19.3 Å². The van der Waals surface area contributed by atoms with Gasteiger partial charge in [0, 0.05) is 58.1 Å². The van der Waals surface area contributed by atoms with E-state index in [0.29, 0.717) is 0 Å². The van der Waals surface area contributed by atoms with E-state index in [4.69, 9.17) is 38.4 Å². The van der Waals surface area contributed by atoms with E-state index >= 15 is 0 Å². The summed E-state index contributed by atoms with van der Waals surface area (Å²) in [6.45, 7) is 15.3. The fourth-order valence-corrected chi connectivity index (χ4v) is 4.20. The molecular formula is C30H45F3N3S3. The van der Waals surface area contributed by atoms with Gasteiger partial charge < -0.3 is 12.9 Å². The van der Waals surface area contributed by atoms with Gasteiger partial charge in [-0.25, -0.2) is 0 Å². The average molecular weight is 601 g/mol. The van der Waals surface area contributed by atoms with E-state index in [1.165, 1.54) is 33.8 Å². The molecule has 219 valence electrons. The molecule has 0 aliphatic carbocycles. The van der Waals surface area contributed by atoms with Gasteiger partial charge in [0.15, 0.2) is 0 Å². The Morgan fingerprint density at radius 3 is 0.795 bits per heavy atom. The molecule has 0 amide bonds. The third kappa shape index (κ3) is 13.7. The third-order valence-corrected chi connectivity index (χ3v) is 7.15. The van der Waals surface area contributed by atoms with E-state index in [0.717, 1.165) is 38.9 Å². The molecule has 3 rings (SSSR count). The molecule has 9 heteroatoms. The summed E-state index contributed by atoms with van der Waals surface area (Å²) < 4.78 is 5.58. The molecule has 3 aromatic rings. The second-order valence-corrected chi connectivity index (χ2v) is 9.35. The van der Waals surface area contributed by atoms with Crippen LogP contribution in [-0.4, -0.2) is 19.6 Å². The first-order chi connectivity index (χ1) is 17.4. The fourth-order valence-electron chi connectivity index (χ4n) is 3.67. The van der Waals surface area contributed by atoms with E-state index in [-0.39, 0.29) is 14.1 Å². The summed E-state index contributed by atoms with van der Waals surface area (Å²) in [6.07, 6.45) is 3.13. The number of nitrogens with zero attached hydrogens (tertiary/aromatic N) is 3. The van der Waals surface area contributed by atoms with Crippen molar-refractivity contribution in [2.24, 2.45) is 0 Å². The Balaban J connectivity index is -0.000000480. The molecule has 3 radical (unpaired) electrons. The van der Waals surface area contributed by atoms with Crippen LogP contribution in [0, 0.1) is 0 Å². The molecule has 0 aliphatic rings. The van der Waals surface area contributed by atoms with Crippen molar-refractivity contribution in [2.75, 3.05) is 32.5 Å². The third-order valence-electron chi connectivity index (χ3n) is 5.79. The van der Waals surface area contributed by atoms with Crippen LogP contribution in [0.3, 0.4) is 0 Å². The van der Waals surface area contributed by atoms with Gasteiger partial charge in [0.25, 0.3) is 0 Å². The summed E-state index contributed by atoms with van der Waals surface area (Å²) in [5.41, 5.74) is 7.52. The summed E-state index contributed by atoms with van der Waals surface area (Å²) in [6, 6.07) is 24.9. The van der Waals surface area contributed by atoms with Gasteiger partial charge in [0.1, 0.15) is 0 Å². The molecule has 3 nitrogen and oxygen atoms in total. The summed E-state index contributed by atoms with van der Waals surface area (Å²) in [5, 5.41) is 0. The number of halogens is 3. The molecule has 0 atom stereocenters. The van der Waals surface area contributed by atoms with Gasteiger partial charge in [-0.15, -0.1) is 0 Å². The lowest BCUT2D eigenvalue weighted by atomic mass is 10.1. The molecule has 0 unspecified atom stereocenters. The molecule has 0 aromatic heterocycles. The minimum Gasteiger partial charge on any atom is -0.306 e.